The zero-order valence-electron chi connectivity index (χ0n) is 9.41. The van der Waals surface area contributed by atoms with Crippen molar-refractivity contribution in [3.8, 4) is 11.1 Å². The van der Waals surface area contributed by atoms with Crippen molar-refractivity contribution in [2.75, 3.05) is 0 Å². The predicted octanol–water partition coefficient (Wildman–Crippen LogP) is 3.73. The van der Waals surface area contributed by atoms with Crippen LogP contribution in [-0.4, -0.2) is 19.6 Å². The van der Waals surface area contributed by atoms with Gasteiger partial charge in [-0.3, -0.25) is 0 Å². The fourth-order valence-electron chi connectivity index (χ4n) is 1.77. The molecule has 0 aliphatic carbocycles. The van der Waals surface area contributed by atoms with Gasteiger partial charge in [-0.15, -0.1) is 0 Å². The van der Waals surface area contributed by atoms with Crippen molar-refractivity contribution >= 4 is 37.6 Å². The number of hydrogen-bond donors (Lipinski definition) is 0. The van der Waals surface area contributed by atoms with E-state index in [1.807, 2.05) is 0 Å². The van der Waals surface area contributed by atoms with E-state index in [-0.39, 0.29) is 20.5 Å². The highest BCUT2D eigenvalue weighted by Crippen LogP contribution is 2.37. The second-order valence-electron chi connectivity index (χ2n) is 3.78. The molecular weight excluding hydrogens is 405 g/mol. The van der Waals surface area contributed by atoms with Gasteiger partial charge in [-0.25, -0.2) is 18.2 Å². The molecular formula is C11H3Br2F3N4. The van der Waals surface area contributed by atoms with Gasteiger partial charge in [-0.05, 0) is 31.9 Å². The average Bonchev–Trinajstić information content (AvgIpc) is 2.80. The number of hydrogen-bond acceptors (Lipinski definition) is 3. The Morgan fingerprint density at radius 3 is 2.30 bits per heavy atom. The van der Waals surface area contributed by atoms with Gasteiger partial charge in [0, 0.05) is 12.1 Å². The number of rotatable bonds is 1. The standard InChI is InChI=1S/C11H3Br2F3N4/c12-9-8(7-5(15)1-4(14)2-6(7)16)10(13)20-11(19-9)17-3-18-20/h1-3H. The van der Waals surface area contributed by atoms with Crippen LogP contribution in [0.25, 0.3) is 16.9 Å². The van der Waals surface area contributed by atoms with Crippen LogP contribution in [0.2, 0.25) is 0 Å². The molecule has 0 radical (unpaired) electrons. The largest absolute Gasteiger partial charge is 0.254 e. The smallest absolute Gasteiger partial charge is 0.207 e. The molecule has 0 saturated carbocycles. The second kappa shape index (κ2) is 4.81. The van der Waals surface area contributed by atoms with E-state index in [1.165, 1.54) is 10.8 Å². The number of fused-ring (bicyclic) bond motifs is 1. The summed E-state index contributed by atoms with van der Waals surface area (Å²) >= 11 is 6.33. The maximum Gasteiger partial charge on any atom is 0.254 e. The van der Waals surface area contributed by atoms with E-state index in [4.69, 9.17) is 0 Å². The van der Waals surface area contributed by atoms with Gasteiger partial charge in [-0.1, -0.05) is 0 Å². The summed E-state index contributed by atoms with van der Waals surface area (Å²) in [5.74, 6) is -2.82. The lowest BCUT2D eigenvalue weighted by molar-refractivity contribution is 0.547. The lowest BCUT2D eigenvalue weighted by atomic mass is 10.1. The molecule has 20 heavy (non-hydrogen) atoms. The van der Waals surface area contributed by atoms with Crippen LogP contribution in [0.15, 0.2) is 27.7 Å². The van der Waals surface area contributed by atoms with Crippen molar-refractivity contribution in [2.45, 2.75) is 0 Å². The van der Waals surface area contributed by atoms with E-state index in [1.54, 1.807) is 0 Å². The van der Waals surface area contributed by atoms with Crippen LogP contribution in [-0.2, 0) is 0 Å². The number of aromatic nitrogens is 4. The van der Waals surface area contributed by atoms with E-state index in [0.29, 0.717) is 12.1 Å². The van der Waals surface area contributed by atoms with Crippen LogP contribution in [0.3, 0.4) is 0 Å². The van der Waals surface area contributed by atoms with E-state index in [0.717, 1.165) is 0 Å². The Morgan fingerprint density at radius 2 is 1.65 bits per heavy atom. The lowest BCUT2D eigenvalue weighted by Crippen LogP contribution is -2.01. The topological polar surface area (TPSA) is 43.1 Å². The van der Waals surface area contributed by atoms with Gasteiger partial charge in [0.1, 0.15) is 33.0 Å². The highest BCUT2D eigenvalue weighted by molar-refractivity contribution is 9.11. The summed E-state index contributed by atoms with van der Waals surface area (Å²) in [6, 6.07) is 1.20. The molecule has 3 rings (SSSR count). The van der Waals surface area contributed by atoms with Crippen molar-refractivity contribution < 1.29 is 13.2 Å². The summed E-state index contributed by atoms with van der Waals surface area (Å²) in [6.45, 7) is 0. The highest BCUT2D eigenvalue weighted by Gasteiger charge is 2.22. The summed E-state index contributed by atoms with van der Waals surface area (Å²) in [6.07, 6.45) is 1.25. The van der Waals surface area contributed by atoms with Crippen molar-refractivity contribution in [1.29, 1.82) is 0 Å². The third-order valence-corrected chi connectivity index (χ3v) is 3.89. The molecule has 0 atom stereocenters. The van der Waals surface area contributed by atoms with Crippen LogP contribution in [0.1, 0.15) is 0 Å². The van der Waals surface area contributed by atoms with E-state index in [9.17, 15) is 13.2 Å². The highest BCUT2D eigenvalue weighted by atomic mass is 79.9. The fraction of sp³-hybridized carbons (Fsp3) is 0. The zero-order valence-corrected chi connectivity index (χ0v) is 12.6. The molecule has 9 heteroatoms. The van der Waals surface area contributed by atoms with E-state index < -0.39 is 23.0 Å². The average molecular weight is 408 g/mol. The van der Waals surface area contributed by atoms with E-state index in [2.05, 4.69) is 46.9 Å². The predicted molar refractivity (Wildman–Crippen MR) is 71.5 cm³/mol. The molecule has 4 nitrogen and oxygen atoms in total. The molecule has 0 saturated heterocycles. The monoisotopic (exact) mass is 406 g/mol. The van der Waals surface area contributed by atoms with Crippen LogP contribution >= 0.6 is 31.9 Å². The summed E-state index contributed by atoms with van der Waals surface area (Å²) in [5.41, 5.74) is -0.326. The Bertz CT molecular complexity index is 811. The minimum Gasteiger partial charge on any atom is -0.207 e. The van der Waals surface area contributed by atoms with Crippen LogP contribution in [0.4, 0.5) is 13.2 Å². The lowest BCUT2D eigenvalue weighted by Gasteiger charge is -2.10. The molecule has 102 valence electrons. The molecule has 0 spiro atoms. The first-order valence-corrected chi connectivity index (χ1v) is 6.77. The van der Waals surface area contributed by atoms with E-state index >= 15 is 0 Å². The molecule has 2 aromatic heterocycles. The molecule has 0 fully saturated rings. The normalized spacial score (nSPS) is 11.2. The molecule has 2 heterocycles. The summed E-state index contributed by atoms with van der Waals surface area (Å²) < 4.78 is 42.4. The Kier molecular flexibility index (Phi) is 3.25. The first-order chi connectivity index (χ1) is 9.49. The first kappa shape index (κ1) is 13.5. The zero-order chi connectivity index (χ0) is 14.4. The molecule has 0 N–H and O–H groups in total. The van der Waals surface area contributed by atoms with Gasteiger partial charge in [0.25, 0.3) is 5.78 Å². The van der Waals surface area contributed by atoms with Crippen molar-refractivity contribution in [2.24, 2.45) is 0 Å². The molecule has 3 aromatic rings. The third-order valence-electron chi connectivity index (χ3n) is 2.58. The van der Waals surface area contributed by atoms with Gasteiger partial charge in [0.15, 0.2) is 0 Å². The van der Waals surface area contributed by atoms with Crippen LogP contribution in [0, 0.1) is 17.5 Å². The number of benzene rings is 1. The Balaban J connectivity index is 2.40. The van der Waals surface area contributed by atoms with Gasteiger partial charge >= 0.3 is 0 Å². The fourth-order valence-corrected chi connectivity index (χ4v) is 3.22. The first-order valence-electron chi connectivity index (χ1n) is 5.18. The maximum absolute atomic E-state index is 13.9. The summed E-state index contributed by atoms with van der Waals surface area (Å²) in [4.78, 5) is 7.89. The van der Waals surface area contributed by atoms with Gasteiger partial charge in [0.2, 0.25) is 0 Å². The molecule has 0 aliphatic heterocycles. The van der Waals surface area contributed by atoms with Crippen LogP contribution in [0.5, 0.6) is 0 Å². The van der Waals surface area contributed by atoms with Crippen molar-refractivity contribution in [1.82, 2.24) is 19.6 Å². The Labute approximate surface area is 126 Å². The third kappa shape index (κ3) is 2.01. The Hall–Kier alpha value is -1.48. The summed E-state index contributed by atoms with van der Waals surface area (Å²) in [7, 11) is 0. The minimum atomic E-state index is -1.04. The SMILES string of the molecule is Fc1cc(F)c(-c2c(Br)nc3ncnn3c2Br)c(F)c1. The molecule has 0 amide bonds. The second-order valence-corrected chi connectivity index (χ2v) is 5.29. The van der Waals surface area contributed by atoms with Gasteiger partial charge in [0.05, 0.1) is 11.1 Å². The maximum atomic E-state index is 13.9. The molecule has 0 bridgehead atoms. The molecule has 0 aliphatic rings. The van der Waals surface area contributed by atoms with Crippen molar-refractivity contribution in [3.05, 3.63) is 45.1 Å². The minimum absolute atomic E-state index is 0.0815. The number of nitrogens with zero attached hydrogens (tertiary/aromatic N) is 4. The van der Waals surface area contributed by atoms with Crippen molar-refractivity contribution in [3.63, 3.8) is 0 Å². The summed E-state index contributed by atoms with van der Waals surface area (Å²) in [5, 5.41) is 3.88. The quantitative estimate of drug-likeness (QED) is 0.577. The van der Waals surface area contributed by atoms with Gasteiger partial charge < -0.3 is 0 Å². The molecule has 1 aromatic carbocycles. The van der Waals surface area contributed by atoms with Crippen LogP contribution < -0.4 is 0 Å². The number of halogens is 5. The molecule has 0 unspecified atom stereocenters. The Morgan fingerprint density at radius 1 is 1.00 bits per heavy atom. The van der Waals surface area contributed by atoms with Gasteiger partial charge in [-0.2, -0.15) is 14.6 Å².